The number of nitrogen functional groups attached to an aromatic ring is 1. The molecule has 20 heavy (non-hydrogen) atoms. The van der Waals surface area contributed by atoms with Gasteiger partial charge in [-0.25, -0.2) is 0 Å². The molecule has 0 radical (unpaired) electrons. The highest BCUT2D eigenvalue weighted by Gasteiger charge is 2.18. The Morgan fingerprint density at radius 1 is 1.50 bits per heavy atom. The van der Waals surface area contributed by atoms with Crippen molar-refractivity contribution in [2.75, 3.05) is 26.0 Å². The molecule has 0 saturated carbocycles. The number of nitrogens with one attached hydrogen (secondary N) is 2. The molecule has 1 atom stereocenters. The van der Waals surface area contributed by atoms with Gasteiger partial charge in [0.15, 0.2) is 0 Å². The Bertz CT molecular complexity index is 491. The van der Waals surface area contributed by atoms with Crippen LogP contribution in [0.1, 0.15) is 23.0 Å². The molecule has 110 valence electrons. The summed E-state index contributed by atoms with van der Waals surface area (Å²) in [6.45, 7) is 4.13. The van der Waals surface area contributed by atoms with Gasteiger partial charge in [0.2, 0.25) is 5.91 Å². The van der Waals surface area contributed by atoms with E-state index >= 15 is 0 Å². The van der Waals surface area contributed by atoms with E-state index in [9.17, 15) is 9.59 Å². The van der Waals surface area contributed by atoms with Crippen LogP contribution in [0.15, 0.2) is 12.3 Å². The van der Waals surface area contributed by atoms with E-state index in [1.54, 1.807) is 21.0 Å². The zero-order valence-electron chi connectivity index (χ0n) is 11.9. The Kier molecular flexibility index (Phi) is 5.92. The third kappa shape index (κ3) is 4.51. The number of hydrogen-bond donors (Lipinski definition) is 3. The highest BCUT2D eigenvalue weighted by Crippen LogP contribution is 2.09. The van der Waals surface area contributed by atoms with Gasteiger partial charge < -0.3 is 21.1 Å². The number of aryl methyl sites for hydroxylation is 1. The lowest BCUT2D eigenvalue weighted by atomic mass is 10.1. The predicted molar refractivity (Wildman–Crippen MR) is 75.2 cm³/mol. The summed E-state index contributed by atoms with van der Waals surface area (Å²) in [5.74, 6) is -0.651. The van der Waals surface area contributed by atoms with Gasteiger partial charge in [0.25, 0.3) is 5.91 Å². The van der Waals surface area contributed by atoms with Gasteiger partial charge in [-0.15, -0.1) is 0 Å². The van der Waals surface area contributed by atoms with Gasteiger partial charge in [0.05, 0.1) is 29.7 Å². The van der Waals surface area contributed by atoms with E-state index in [0.29, 0.717) is 30.1 Å². The smallest absolute Gasteiger partial charge is 0.253 e. The summed E-state index contributed by atoms with van der Waals surface area (Å²) in [4.78, 5) is 27.8. The fourth-order valence-electron chi connectivity index (χ4n) is 1.55. The number of nitrogens with zero attached hydrogens (tertiary/aromatic N) is 1. The van der Waals surface area contributed by atoms with Gasteiger partial charge in [-0.1, -0.05) is 0 Å². The Morgan fingerprint density at radius 2 is 2.20 bits per heavy atom. The van der Waals surface area contributed by atoms with Crippen LogP contribution in [0.5, 0.6) is 0 Å². The lowest BCUT2D eigenvalue weighted by Crippen LogP contribution is -2.45. The monoisotopic (exact) mass is 280 g/mol. The summed E-state index contributed by atoms with van der Waals surface area (Å²) in [6, 6.07) is 0.882. The van der Waals surface area contributed by atoms with Crippen LogP contribution in [0.25, 0.3) is 0 Å². The molecule has 0 aromatic carbocycles. The van der Waals surface area contributed by atoms with Crippen LogP contribution in [0.3, 0.4) is 0 Å². The third-order valence-corrected chi connectivity index (χ3v) is 2.70. The van der Waals surface area contributed by atoms with Crippen LogP contribution in [0.4, 0.5) is 5.69 Å². The van der Waals surface area contributed by atoms with E-state index in [-0.39, 0.29) is 11.8 Å². The molecule has 1 aromatic heterocycles. The molecule has 1 heterocycles. The van der Waals surface area contributed by atoms with E-state index in [4.69, 9.17) is 10.5 Å². The zero-order valence-corrected chi connectivity index (χ0v) is 11.9. The fraction of sp³-hybridized carbons (Fsp3) is 0.462. The maximum Gasteiger partial charge on any atom is 0.253 e. The van der Waals surface area contributed by atoms with Crippen LogP contribution >= 0.6 is 0 Å². The first-order valence-electron chi connectivity index (χ1n) is 6.25. The minimum atomic E-state index is -0.653. The SMILES string of the molecule is COCCNC(=O)C(C)NC(=O)c1cc(N)cnc1C. The maximum atomic E-state index is 12.1. The molecule has 0 aliphatic carbocycles. The molecule has 1 rings (SSSR count). The quantitative estimate of drug-likeness (QED) is 0.628. The molecule has 1 aromatic rings. The number of rotatable bonds is 6. The van der Waals surface area contributed by atoms with Gasteiger partial charge in [-0.3, -0.25) is 14.6 Å². The number of hydrogen-bond acceptors (Lipinski definition) is 5. The first kappa shape index (κ1) is 15.9. The molecule has 0 saturated heterocycles. The molecule has 2 amide bonds. The average molecular weight is 280 g/mol. The second-order valence-electron chi connectivity index (χ2n) is 4.38. The molecule has 4 N–H and O–H groups in total. The molecule has 0 spiro atoms. The lowest BCUT2D eigenvalue weighted by Gasteiger charge is -2.14. The molecule has 0 aliphatic rings. The number of ether oxygens (including phenoxy) is 1. The number of amides is 2. The van der Waals surface area contributed by atoms with Crippen molar-refractivity contribution in [1.29, 1.82) is 0 Å². The van der Waals surface area contributed by atoms with Crippen molar-refractivity contribution in [2.45, 2.75) is 19.9 Å². The van der Waals surface area contributed by atoms with Crippen LogP contribution < -0.4 is 16.4 Å². The van der Waals surface area contributed by atoms with Gasteiger partial charge in [-0.2, -0.15) is 0 Å². The highest BCUT2D eigenvalue weighted by atomic mass is 16.5. The fourth-order valence-corrected chi connectivity index (χ4v) is 1.55. The summed E-state index contributed by atoms with van der Waals surface area (Å²) >= 11 is 0. The number of anilines is 1. The normalized spacial score (nSPS) is 11.8. The highest BCUT2D eigenvalue weighted by molar-refractivity contribution is 5.98. The molecule has 0 fully saturated rings. The van der Waals surface area contributed by atoms with Gasteiger partial charge in [0, 0.05) is 13.7 Å². The molecular weight excluding hydrogens is 260 g/mol. The topological polar surface area (TPSA) is 106 Å². The molecule has 7 nitrogen and oxygen atoms in total. The summed E-state index contributed by atoms with van der Waals surface area (Å²) in [5.41, 5.74) is 6.92. The van der Waals surface area contributed by atoms with E-state index in [0.717, 1.165) is 0 Å². The standard InChI is InChI=1S/C13H20N4O3/c1-8-11(6-10(14)7-16-8)13(19)17-9(2)12(18)15-4-5-20-3/h6-7,9H,4-5,14H2,1-3H3,(H,15,18)(H,17,19). The van der Waals surface area contributed by atoms with Crippen molar-refractivity contribution < 1.29 is 14.3 Å². The molecule has 7 heteroatoms. The van der Waals surface area contributed by atoms with E-state index < -0.39 is 6.04 Å². The molecular formula is C13H20N4O3. The second kappa shape index (κ2) is 7.44. The van der Waals surface area contributed by atoms with Crippen molar-refractivity contribution in [1.82, 2.24) is 15.6 Å². The van der Waals surface area contributed by atoms with E-state index in [2.05, 4.69) is 15.6 Å². The first-order valence-corrected chi connectivity index (χ1v) is 6.25. The van der Waals surface area contributed by atoms with Crippen molar-refractivity contribution >= 4 is 17.5 Å². The minimum Gasteiger partial charge on any atom is -0.397 e. The van der Waals surface area contributed by atoms with Crippen LogP contribution in [-0.2, 0) is 9.53 Å². The van der Waals surface area contributed by atoms with Crippen molar-refractivity contribution in [3.63, 3.8) is 0 Å². The summed E-state index contributed by atoms with van der Waals surface area (Å²) in [7, 11) is 1.55. The molecule has 1 unspecified atom stereocenters. The van der Waals surface area contributed by atoms with Crippen molar-refractivity contribution in [3.05, 3.63) is 23.5 Å². The third-order valence-electron chi connectivity index (χ3n) is 2.70. The van der Waals surface area contributed by atoms with Gasteiger partial charge >= 0.3 is 0 Å². The summed E-state index contributed by atoms with van der Waals surface area (Å²) in [6.07, 6.45) is 1.48. The number of aromatic nitrogens is 1. The zero-order chi connectivity index (χ0) is 15.1. The lowest BCUT2D eigenvalue weighted by molar-refractivity contribution is -0.122. The number of pyridine rings is 1. The Hall–Kier alpha value is -2.15. The molecule has 0 aliphatic heterocycles. The van der Waals surface area contributed by atoms with E-state index in [1.807, 2.05) is 0 Å². The summed E-state index contributed by atoms with van der Waals surface area (Å²) in [5, 5.41) is 5.25. The number of nitrogens with two attached hydrogens (primary N) is 1. The summed E-state index contributed by atoms with van der Waals surface area (Å²) < 4.78 is 4.83. The van der Waals surface area contributed by atoms with Crippen LogP contribution in [-0.4, -0.2) is 43.1 Å². The van der Waals surface area contributed by atoms with Crippen molar-refractivity contribution in [2.24, 2.45) is 0 Å². The molecule has 0 bridgehead atoms. The largest absolute Gasteiger partial charge is 0.397 e. The maximum absolute atomic E-state index is 12.1. The van der Waals surface area contributed by atoms with Gasteiger partial charge in [0.1, 0.15) is 6.04 Å². The Morgan fingerprint density at radius 3 is 2.85 bits per heavy atom. The minimum absolute atomic E-state index is 0.273. The van der Waals surface area contributed by atoms with Crippen molar-refractivity contribution in [3.8, 4) is 0 Å². The second-order valence-corrected chi connectivity index (χ2v) is 4.38. The van der Waals surface area contributed by atoms with Gasteiger partial charge in [-0.05, 0) is 19.9 Å². The first-order chi connectivity index (χ1) is 9.45. The Labute approximate surface area is 117 Å². The number of carbonyl (C=O) groups is 2. The predicted octanol–water partition coefficient (Wildman–Crippen LogP) is -0.147. The van der Waals surface area contributed by atoms with Crippen LogP contribution in [0.2, 0.25) is 0 Å². The number of carbonyl (C=O) groups excluding carboxylic acids is 2. The Balaban J connectivity index is 2.61. The number of methoxy groups -OCH3 is 1. The average Bonchev–Trinajstić information content (AvgIpc) is 2.41. The van der Waals surface area contributed by atoms with Crippen LogP contribution in [0, 0.1) is 6.92 Å². The van der Waals surface area contributed by atoms with E-state index in [1.165, 1.54) is 12.3 Å².